The largest absolute Gasteiger partial charge is 0.303 e. The first-order valence-electron chi connectivity index (χ1n) is 8.45. The maximum Gasteiger partial charge on any atom is 0.277 e. The van der Waals surface area contributed by atoms with Crippen molar-refractivity contribution in [1.29, 1.82) is 0 Å². The van der Waals surface area contributed by atoms with Gasteiger partial charge in [-0.2, -0.15) is 0 Å². The number of aromatic amines is 1. The first-order chi connectivity index (χ1) is 11.7. The highest BCUT2D eigenvalue weighted by molar-refractivity contribution is 9.10. The maximum absolute atomic E-state index is 12.7. The molecule has 0 amide bonds. The van der Waals surface area contributed by atoms with Crippen molar-refractivity contribution in [3.8, 4) is 11.4 Å². The maximum atomic E-state index is 12.7. The molecule has 6 heteroatoms. The average Bonchev–Trinajstić information content (AvgIpc) is 3.22. The molecule has 24 heavy (non-hydrogen) atoms. The zero-order valence-electron chi connectivity index (χ0n) is 13.6. The van der Waals surface area contributed by atoms with E-state index in [-0.39, 0.29) is 5.56 Å². The molecule has 3 aromatic rings. The van der Waals surface area contributed by atoms with Crippen molar-refractivity contribution in [1.82, 2.24) is 19.6 Å². The topological polar surface area (TPSA) is 63.1 Å². The third-order valence-corrected chi connectivity index (χ3v) is 5.47. The van der Waals surface area contributed by atoms with Crippen LogP contribution in [0.1, 0.15) is 50.0 Å². The van der Waals surface area contributed by atoms with E-state index in [9.17, 15) is 4.79 Å². The van der Waals surface area contributed by atoms with Crippen LogP contribution in [0.5, 0.6) is 0 Å². The molecule has 1 aromatic carbocycles. The van der Waals surface area contributed by atoms with Gasteiger partial charge in [0, 0.05) is 16.0 Å². The van der Waals surface area contributed by atoms with Crippen LogP contribution in [0.15, 0.2) is 33.5 Å². The number of aryl methyl sites for hydroxylation is 1. The fraction of sp³-hybridized carbons (Fsp3) is 0.389. The van der Waals surface area contributed by atoms with Gasteiger partial charge in [-0.15, -0.1) is 5.10 Å². The Morgan fingerprint density at radius 3 is 2.75 bits per heavy atom. The number of imidazole rings is 1. The number of halogens is 1. The second-order valence-corrected chi connectivity index (χ2v) is 7.15. The minimum atomic E-state index is -0.121. The van der Waals surface area contributed by atoms with E-state index in [0.717, 1.165) is 40.8 Å². The lowest BCUT2D eigenvalue weighted by Crippen LogP contribution is -2.16. The predicted molar refractivity (Wildman–Crippen MR) is 97.3 cm³/mol. The Morgan fingerprint density at radius 1 is 1.29 bits per heavy atom. The normalized spacial score (nSPS) is 15.4. The number of nitrogens with zero attached hydrogens (tertiary/aromatic N) is 3. The van der Waals surface area contributed by atoms with Crippen molar-refractivity contribution < 1.29 is 0 Å². The van der Waals surface area contributed by atoms with Crippen molar-refractivity contribution in [2.75, 3.05) is 0 Å². The van der Waals surface area contributed by atoms with E-state index < -0.39 is 0 Å². The molecule has 1 aliphatic rings. The number of benzene rings is 1. The summed E-state index contributed by atoms with van der Waals surface area (Å²) in [5.41, 5.74) is 2.18. The summed E-state index contributed by atoms with van der Waals surface area (Å²) >= 11 is 3.54. The Bertz CT molecular complexity index is 953. The molecule has 2 aromatic heterocycles. The van der Waals surface area contributed by atoms with Crippen LogP contribution in [0, 0.1) is 0 Å². The van der Waals surface area contributed by atoms with Gasteiger partial charge < -0.3 is 4.98 Å². The molecule has 1 saturated carbocycles. The smallest absolute Gasteiger partial charge is 0.277 e. The van der Waals surface area contributed by atoms with Gasteiger partial charge in [0.2, 0.25) is 0 Å². The van der Waals surface area contributed by atoms with Crippen LogP contribution < -0.4 is 5.56 Å². The number of fused-ring (bicyclic) bond motifs is 1. The number of nitrogens with one attached hydrogen (secondary N) is 1. The van der Waals surface area contributed by atoms with Crippen LogP contribution in [0.2, 0.25) is 0 Å². The Kier molecular flexibility index (Phi) is 4.00. The Balaban J connectivity index is 1.98. The minimum absolute atomic E-state index is 0.121. The van der Waals surface area contributed by atoms with E-state index in [1.54, 1.807) is 4.52 Å². The summed E-state index contributed by atoms with van der Waals surface area (Å²) in [6.07, 6.45) is 5.43. The first-order valence-corrected chi connectivity index (χ1v) is 9.25. The molecule has 5 nitrogen and oxygen atoms in total. The van der Waals surface area contributed by atoms with E-state index in [4.69, 9.17) is 10.1 Å². The second-order valence-electron chi connectivity index (χ2n) is 6.29. The molecule has 4 rings (SSSR count). The number of H-pyrrole nitrogens is 1. The molecular weight excluding hydrogens is 368 g/mol. The highest BCUT2D eigenvalue weighted by atomic mass is 79.9. The molecule has 0 aliphatic heterocycles. The Labute approximate surface area is 148 Å². The molecule has 1 fully saturated rings. The van der Waals surface area contributed by atoms with E-state index in [1.165, 1.54) is 12.8 Å². The van der Waals surface area contributed by atoms with Gasteiger partial charge in [0.1, 0.15) is 5.82 Å². The molecule has 0 spiro atoms. The number of aromatic nitrogens is 4. The second kappa shape index (κ2) is 6.16. The molecule has 0 unspecified atom stereocenters. The molecule has 0 saturated heterocycles. The number of hydrogen-bond acceptors (Lipinski definition) is 3. The van der Waals surface area contributed by atoms with Gasteiger partial charge in [-0.05, 0) is 25.3 Å². The van der Waals surface area contributed by atoms with Crippen LogP contribution >= 0.6 is 15.9 Å². The molecule has 1 aliphatic carbocycles. The SMILES string of the molecule is CCc1nc(C2CCCC2)n2nc(-c3ccccc3Br)[nH]c(=O)c12. The molecular formula is C18H19BrN4O. The fourth-order valence-electron chi connectivity index (χ4n) is 3.56. The molecule has 0 radical (unpaired) electrons. The highest BCUT2D eigenvalue weighted by Crippen LogP contribution is 2.34. The summed E-state index contributed by atoms with van der Waals surface area (Å²) in [4.78, 5) is 20.4. The van der Waals surface area contributed by atoms with E-state index in [0.29, 0.717) is 17.3 Å². The molecule has 1 N–H and O–H groups in total. The van der Waals surface area contributed by atoms with Crippen molar-refractivity contribution in [3.05, 3.63) is 50.6 Å². The van der Waals surface area contributed by atoms with Gasteiger partial charge in [-0.25, -0.2) is 9.50 Å². The molecule has 2 heterocycles. The molecule has 0 atom stereocenters. The number of rotatable bonds is 3. The summed E-state index contributed by atoms with van der Waals surface area (Å²) in [5, 5.41) is 4.75. The lowest BCUT2D eigenvalue weighted by atomic mass is 10.1. The number of hydrogen-bond donors (Lipinski definition) is 1. The third-order valence-electron chi connectivity index (χ3n) is 4.78. The summed E-state index contributed by atoms with van der Waals surface area (Å²) in [6.45, 7) is 2.03. The fourth-order valence-corrected chi connectivity index (χ4v) is 4.04. The Morgan fingerprint density at radius 2 is 2.04 bits per heavy atom. The first kappa shape index (κ1) is 15.6. The molecule has 124 valence electrons. The summed E-state index contributed by atoms with van der Waals surface area (Å²) in [5.74, 6) is 1.91. The highest BCUT2D eigenvalue weighted by Gasteiger charge is 2.25. The van der Waals surface area contributed by atoms with E-state index in [1.807, 2.05) is 31.2 Å². The van der Waals surface area contributed by atoms with Crippen LogP contribution in [0.4, 0.5) is 0 Å². The average molecular weight is 387 g/mol. The lowest BCUT2D eigenvalue weighted by Gasteiger charge is -2.09. The summed E-state index contributed by atoms with van der Waals surface area (Å²) in [7, 11) is 0. The van der Waals surface area contributed by atoms with E-state index in [2.05, 4.69) is 20.9 Å². The monoisotopic (exact) mass is 386 g/mol. The Hall–Kier alpha value is -1.95. The van der Waals surface area contributed by atoms with Crippen molar-refractivity contribution >= 4 is 21.4 Å². The van der Waals surface area contributed by atoms with Gasteiger partial charge in [0.25, 0.3) is 5.56 Å². The van der Waals surface area contributed by atoms with Gasteiger partial charge in [0.15, 0.2) is 11.3 Å². The lowest BCUT2D eigenvalue weighted by molar-refractivity contribution is 0.639. The quantitative estimate of drug-likeness (QED) is 0.737. The predicted octanol–water partition coefficient (Wildman–Crippen LogP) is 4.07. The van der Waals surface area contributed by atoms with Crippen LogP contribution in [-0.4, -0.2) is 19.6 Å². The van der Waals surface area contributed by atoms with Crippen LogP contribution in [0.25, 0.3) is 16.9 Å². The molecule has 0 bridgehead atoms. The zero-order valence-corrected chi connectivity index (χ0v) is 15.1. The van der Waals surface area contributed by atoms with Gasteiger partial charge in [0.05, 0.1) is 5.69 Å². The third kappa shape index (κ3) is 2.49. The van der Waals surface area contributed by atoms with Crippen LogP contribution in [-0.2, 0) is 6.42 Å². The van der Waals surface area contributed by atoms with Crippen molar-refractivity contribution in [3.63, 3.8) is 0 Å². The summed E-state index contributed by atoms with van der Waals surface area (Å²) in [6, 6.07) is 7.78. The summed E-state index contributed by atoms with van der Waals surface area (Å²) < 4.78 is 2.70. The standard InChI is InChI=1S/C18H19BrN4O/c1-2-14-15-18(24)21-16(12-9-5-6-10-13(12)19)22-23(15)17(20-14)11-7-3-4-8-11/h5-6,9-11H,2-4,7-8H2,1H3,(H,21,22,24). The van der Waals surface area contributed by atoms with Crippen LogP contribution in [0.3, 0.4) is 0 Å². The van der Waals surface area contributed by atoms with Crippen molar-refractivity contribution in [2.24, 2.45) is 0 Å². The minimum Gasteiger partial charge on any atom is -0.303 e. The van der Waals surface area contributed by atoms with Gasteiger partial charge in [-0.1, -0.05) is 53.9 Å². The van der Waals surface area contributed by atoms with Gasteiger partial charge >= 0.3 is 0 Å². The van der Waals surface area contributed by atoms with Gasteiger partial charge in [-0.3, -0.25) is 4.79 Å². The zero-order chi connectivity index (χ0) is 16.7. The van der Waals surface area contributed by atoms with Crippen molar-refractivity contribution in [2.45, 2.75) is 44.9 Å². The van der Waals surface area contributed by atoms with E-state index >= 15 is 0 Å².